The van der Waals surface area contributed by atoms with Gasteiger partial charge in [-0.15, -0.1) is 0 Å². The number of rotatable bonds is 4. The summed E-state index contributed by atoms with van der Waals surface area (Å²) in [5, 5.41) is 0.0926. The molecule has 1 atom stereocenters. The molecular formula is C16H24N2O2Si. The second kappa shape index (κ2) is 5.37. The molecule has 0 N–H and O–H groups in total. The summed E-state index contributed by atoms with van der Waals surface area (Å²) in [7, 11) is -1.90. The predicted molar refractivity (Wildman–Crippen MR) is 85.6 cm³/mol. The van der Waals surface area contributed by atoms with Gasteiger partial charge in [0.1, 0.15) is 5.69 Å². The first-order valence-corrected chi connectivity index (χ1v) is 10.4. The fourth-order valence-electron chi connectivity index (χ4n) is 2.62. The zero-order valence-corrected chi connectivity index (χ0v) is 14.5. The van der Waals surface area contributed by atoms with E-state index in [1.165, 1.54) is 0 Å². The maximum absolute atomic E-state index is 12.3. The van der Waals surface area contributed by atoms with Crippen LogP contribution in [-0.4, -0.2) is 35.5 Å². The molecule has 1 saturated heterocycles. The van der Waals surface area contributed by atoms with Crippen LogP contribution in [0.25, 0.3) is 0 Å². The third-order valence-corrected chi connectivity index (χ3v) is 10.3. The summed E-state index contributed by atoms with van der Waals surface area (Å²) < 4.78 is 2.02. The molecule has 2 heterocycles. The zero-order valence-electron chi connectivity index (χ0n) is 13.5. The van der Waals surface area contributed by atoms with Crippen LogP contribution < -0.4 is 0 Å². The number of hydrogen-bond donors (Lipinski definition) is 0. The minimum atomic E-state index is -1.90. The van der Waals surface area contributed by atoms with Gasteiger partial charge < -0.3 is 4.57 Å². The van der Waals surface area contributed by atoms with Crippen LogP contribution in [0.3, 0.4) is 0 Å². The number of β-lactam (4-membered cyclic amide) rings is 1. The zero-order chi connectivity index (χ0) is 15.8. The van der Waals surface area contributed by atoms with Crippen LogP contribution >= 0.6 is 0 Å². The Morgan fingerprint density at radius 1 is 1.38 bits per heavy atom. The van der Waals surface area contributed by atoms with Crippen molar-refractivity contribution in [2.75, 3.05) is 0 Å². The summed E-state index contributed by atoms with van der Waals surface area (Å²) in [6.07, 6.45) is 2.51. The molecule has 0 aromatic carbocycles. The Labute approximate surface area is 127 Å². The lowest BCUT2D eigenvalue weighted by Gasteiger charge is -2.54. The maximum Gasteiger partial charge on any atom is 0.216 e. The van der Waals surface area contributed by atoms with Gasteiger partial charge in [0.05, 0.1) is 0 Å². The van der Waals surface area contributed by atoms with E-state index < -0.39 is 8.24 Å². The van der Waals surface area contributed by atoms with Gasteiger partial charge in [-0.2, -0.15) is 0 Å². The Balaban J connectivity index is 2.12. The van der Waals surface area contributed by atoms with E-state index in [0.717, 1.165) is 0 Å². The number of carbonyl (C=O) groups is 2. The highest BCUT2D eigenvalue weighted by Gasteiger charge is 2.51. The average Bonchev–Trinajstić information content (AvgIpc) is 2.36. The highest BCUT2D eigenvalue weighted by Crippen LogP contribution is 2.43. The van der Waals surface area contributed by atoms with E-state index in [4.69, 9.17) is 0 Å². The predicted octanol–water partition coefficient (Wildman–Crippen LogP) is 3.26. The minimum absolute atomic E-state index is 0.0248. The molecule has 1 aliphatic rings. The largest absolute Gasteiger partial charge is 0.366 e. The topological polar surface area (TPSA) is 50.3 Å². The number of pyridine rings is 1. The first-order valence-electron chi connectivity index (χ1n) is 7.41. The van der Waals surface area contributed by atoms with Crippen LogP contribution in [-0.2, 0) is 4.79 Å². The summed E-state index contributed by atoms with van der Waals surface area (Å²) in [5.74, 6) is 0.220. The molecule has 1 aromatic rings. The molecule has 21 heavy (non-hydrogen) atoms. The lowest BCUT2D eigenvalue weighted by molar-refractivity contribution is -0.138. The van der Waals surface area contributed by atoms with Crippen molar-refractivity contribution in [3.05, 3.63) is 30.1 Å². The van der Waals surface area contributed by atoms with E-state index in [0.29, 0.717) is 18.5 Å². The molecule has 1 aliphatic heterocycles. The van der Waals surface area contributed by atoms with E-state index in [1.807, 2.05) is 10.6 Å². The fraction of sp³-hybridized carbons (Fsp3) is 0.562. The van der Waals surface area contributed by atoms with Gasteiger partial charge in [0, 0.05) is 25.1 Å². The van der Waals surface area contributed by atoms with E-state index >= 15 is 0 Å². The van der Waals surface area contributed by atoms with Crippen LogP contribution in [0.1, 0.15) is 44.1 Å². The number of ketones is 1. The third kappa shape index (κ3) is 2.93. The first kappa shape index (κ1) is 15.9. The molecule has 0 spiro atoms. The number of nitrogens with zero attached hydrogens (tertiary/aromatic N) is 2. The number of Topliss-reactive ketones (excluding diaryl/α,β-unsaturated/α-hetero) is 1. The molecule has 0 aliphatic carbocycles. The molecule has 0 unspecified atom stereocenters. The van der Waals surface area contributed by atoms with Crippen molar-refractivity contribution in [2.45, 2.75) is 57.8 Å². The van der Waals surface area contributed by atoms with E-state index in [1.54, 1.807) is 18.3 Å². The highest BCUT2D eigenvalue weighted by molar-refractivity contribution is 6.80. The van der Waals surface area contributed by atoms with Crippen molar-refractivity contribution in [3.63, 3.8) is 0 Å². The van der Waals surface area contributed by atoms with Crippen molar-refractivity contribution in [3.8, 4) is 0 Å². The molecule has 1 aromatic heterocycles. The number of amides is 1. The molecule has 1 fully saturated rings. The van der Waals surface area contributed by atoms with Gasteiger partial charge in [-0.25, -0.2) is 0 Å². The Bertz CT molecular complexity index is 549. The van der Waals surface area contributed by atoms with Gasteiger partial charge >= 0.3 is 0 Å². The van der Waals surface area contributed by atoms with Gasteiger partial charge in [0.2, 0.25) is 5.91 Å². The SMILES string of the molecule is CC(C)(C)[Si](C)(C)N1C(=O)C[C@H]1CC(=O)c1ccccn1. The average molecular weight is 304 g/mol. The van der Waals surface area contributed by atoms with Crippen molar-refractivity contribution >= 4 is 19.9 Å². The van der Waals surface area contributed by atoms with E-state index in [-0.39, 0.29) is 22.8 Å². The van der Waals surface area contributed by atoms with Gasteiger partial charge in [-0.1, -0.05) is 39.9 Å². The Hall–Kier alpha value is -1.49. The van der Waals surface area contributed by atoms with Crippen molar-refractivity contribution in [1.82, 2.24) is 9.55 Å². The van der Waals surface area contributed by atoms with Crippen LogP contribution in [0, 0.1) is 0 Å². The first-order chi connectivity index (χ1) is 9.64. The van der Waals surface area contributed by atoms with Gasteiger partial charge in [0.15, 0.2) is 14.0 Å². The van der Waals surface area contributed by atoms with Gasteiger partial charge in [-0.3, -0.25) is 14.6 Å². The molecule has 1 amide bonds. The smallest absolute Gasteiger partial charge is 0.216 e. The maximum atomic E-state index is 12.3. The fourth-order valence-corrected chi connectivity index (χ4v) is 5.15. The van der Waals surface area contributed by atoms with Crippen LogP contribution in [0.4, 0.5) is 0 Å². The van der Waals surface area contributed by atoms with E-state index in [2.05, 4.69) is 38.8 Å². The van der Waals surface area contributed by atoms with Crippen LogP contribution in [0.5, 0.6) is 0 Å². The number of carbonyl (C=O) groups excluding carboxylic acids is 2. The molecule has 2 rings (SSSR count). The minimum Gasteiger partial charge on any atom is -0.366 e. The lowest BCUT2D eigenvalue weighted by atomic mass is 9.98. The van der Waals surface area contributed by atoms with Crippen molar-refractivity contribution in [2.24, 2.45) is 0 Å². The molecule has 0 saturated carbocycles. The third-order valence-electron chi connectivity index (χ3n) is 4.85. The molecular weight excluding hydrogens is 280 g/mol. The second-order valence-corrected chi connectivity index (χ2v) is 12.4. The summed E-state index contributed by atoms with van der Waals surface area (Å²) in [5.41, 5.74) is 0.493. The number of hydrogen-bond acceptors (Lipinski definition) is 3. The Morgan fingerprint density at radius 3 is 2.52 bits per heavy atom. The molecule has 4 nitrogen and oxygen atoms in total. The summed E-state index contributed by atoms with van der Waals surface area (Å²) >= 11 is 0. The number of aromatic nitrogens is 1. The monoisotopic (exact) mass is 304 g/mol. The van der Waals surface area contributed by atoms with Gasteiger partial charge in [-0.05, 0) is 17.2 Å². The standard InChI is InChI=1S/C16H24N2O2Si/c1-16(2,3)21(4,5)18-12(11-15(18)20)10-14(19)13-8-6-7-9-17-13/h6-9,12H,10-11H2,1-5H3/t12-/m1/s1. The molecule has 0 radical (unpaired) electrons. The highest BCUT2D eigenvalue weighted by atomic mass is 28.3. The summed E-state index contributed by atoms with van der Waals surface area (Å²) in [6.45, 7) is 11.0. The lowest BCUT2D eigenvalue weighted by Crippen LogP contribution is -2.68. The molecule has 0 bridgehead atoms. The van der Waals surface area contributed by atoms with Crippen molar-refractivity contribution in [1.29, 1.82) is 0 Å². The quantitative estimate of drug-likeness (QED) is 0.487. The Kier molecular flexibility index (Phi) is 4.06. The van der Waals surface area contributed by atoms with E-state index in [9.17, 15) is 9.59 Å². The summed E-state index contributed by atoms with van der Waals surface area (Å²) in [6, 6.07) is 5.40. The van der Waals surface area contributed by atoms with Crippen LogP contribution in [0.2, 0.25) is 18.1 Å². The molecule has 5 heteroatoms. The second-order valence-electron chi connectivity index (χ2n) is 7.27. The molecule has 114 valence electrons. The summed E-state index contributed by atoms with van der Waals surface area (Å²) in [4.78, 5) is 28.5. The van der Waals surface area contributed by atoms with Crippen LogP contribution in [0.15, 0.2) is 24.4 Å². The van der Waals surface area contributed by atoms with Crippen molar-refractivity contribution < 1.29 is 9.59 Å². The normalized spacial score (nSPS) is 19.4. The van der Waals surface area contributed by atoms with Gasteiger partial charge in [0.25, 0.3) is 0 Å². The Morgan fingerprint density at radius 2 is 2.05 bits per heavy atom.